The SMILES string of the molecule is CCOC(=O)c1c(C2CC2)csc1NC(=O)[C@@H]1CC(=O)N(c2ccc3c(c2)OCCO3)C1. The molecule has 1 saturated carbocycles. The third-order valence-electron chi connectivity index (χ3n) is 5.89. The van der Waals surface area contributed by atoms with E-state index in [9.17, 15) is 14.4 Å². The first-order valence-electron chi connectivity index (χ1n) is 10.8. The number of nitrogens with one attached hydrogen (secondary N) is 1. The molecule has 2 aliphatic heterocycles. The van der Waals surface area contributed by atoms with Gasteiger partial charge < -0.3 is 24.4 Å². The van der Waals surface area contributed by atoms with Gasteiger partial charge in [-0.1, -0.05) is 0 Å². The molecule has 32 heavy (non-hydrogen) atoms. The smallest absolute Gasteiger partial charge is 0.341 e. The van der Waals surface area contributed by atoms with Crippen molar-refractivity contribution < 1.29 is 28.6 Å². The molecule has 5 rings (SSSR count). The van der Waals surface area contributed by atoms with Crippen LogP contribution in [0.3, 0.4) is 0 Å². The van der Waals surface area contributed by atoms with Crippen LogP contribution in [0.25, 0.3) is 0 Å². The normalized spacial score (nSPS) is 19.7. The molecular formula is C23H24N2O6S. The average molecular weight is 457 g/mol. The molecule has 1 aliphatic carbocycles. The van der Waals surface area contributed by atoms with Crippen LogP contribution in [0.2, 0.25) is 0 Å². The second kappa shape index (κ2) is 8.46. The Morgan fingerprint density at radius 2 is 2.00 bits per heavy atom. The average Bonchev–Trinajstić information content (AvgIpc) is 3.44. The van der Waals surface area contributed by atoms with E-state index >= 15 is 0 Å². The molecular weight excluding hydrogens is 432 g/mol. The number of ether oxygens (including phenoxy) is 3. The zero-order valence-corrected chi connectivity index (χ0v) is 18.5. The molecule has 0 unspecified atom stereocenters. The van der Waals surface area contributed by atoms with Crippen LogP contribution in [0.1, 0.15) is 48.0 Å². The fourth-order valence-electron chi connectivity index (χ4n) is 4.12. The topological polar surface area (TPSA) is 94.2 Å². The molecule has 3 heterocycles. The summed E-state index contributed by atoms with van der Waals surface area (Å²) in [5, 5.41) is 5.32. The lowest BCUT2D eigenvalue weighted by molar-refractivity contribution is -0.122. The zero-order valence-electron chi connectivity index (χ0n) is 17.7. The van der Waals surface area contributed by atoms with Crippen molar-refractivity contribution in [3.05, 3.63) is 34.7 Å². The van der Waals surface area contributed by atoms with Crippen molar-refractivity contribution in [1.82, 2.24) is 0 Å². The van der Waals surface area contributed by atoms with Crippen LogP contribution in [0, 0.1) is 5.92 Å². The van der Waals surface area contributed by atoms with Gasteiger partial charge in [0.1, 0.15) is 18.2 Å². The molecule has 1 aromatic carbocycles. The van der Waals surface area contributed by atoms with Gasteiger partial charge in [-0.3, -0.25) is 9.59 Å². The highest BCUT2D eigenvalue weighted by Gasteiger charge is 2.37. The number of esters is 1. The summed E-state index contributed by atoms with van der Waals surface area (Å²) in [6, 6.07) is 5.35. The Labute approximate surface area is 189 Å². The molecule has 0 bridgehead atoms. The van der Waals surface area contributed by atoms with Crippen LogP contribution in [0.5, 0.6) is 11.5 Å². The Morgan fingerprint density at radius 3 is 2.75 bits per heavy atom. The molecule has 2 fully saturated rings. The predicted molar refractivity (Wildman–Crippen MR) is 119 cm³/mol. The fourth-order valence-corrected chi connectivity index (χ4v) is 5.15. The number of hydrogen-bond donors (Lipinski definition) is 1. The van der Waals surface area contributed by atoms with Gasteiger partial charge >= 0.3 is 5.97 Å². The van der Waals surface area contributed by atoms with Gasteiger partial charge in [0.05, 0.1) is 18.1 Å². The first-order valence-corrected chi connectivity index (χ1v) is 11.7. The van der Waals surface area contributed by atoms with Crippen LogP contribution in [-0.2, 0) is 14.3 Å². The van der Waals surface area contributed by atoms with E-state index in [0.29, 0.717) is 46.9 Å². The molecule has 1 aromatic heterocycles. The molecule has 168 valence electrons. The first-order chi connectivity index (χ1) is 15.5. The number of thiophene rings is 1. The van der Waals surface area contributed by atoms with Crippen molar-refractivity contribution in [3.8, 4) is 11.5 Å². The van der Waals surface area contributed by atoms with E-state index in [1.807, 2.05) is 5.38 Å². The van der Waals surface area contributed by atoms with Gasteiger partial charge in [0.15, 0.2) is 11.5 Å². The number of hydrogen-bond acceptors (Lipinski definition) is 7. The number of nitrogens with zero attached hydrogens (tertiary/aromatic N) is 1. The Balaban J connectivity index is 1.31. The minimum absolute atomic E-state index is 0.107. The highest BCUT2D eigenvalue weighted by Crippen LogP contribution is 2.46. The van der Waals surface area contributed by atoms with Crippen LogP contribution < -0.4 is 19.7 Å². The van der Waals surface area contributed by atoms with Crippen LogP contribution in [0.15, 0.2) is 23.6 Å². The molecule has 8 nitrogen and oxygen atoms in total. The van der Waals surface area contributed by atoms with Crippen molar-refractivity contribution in [3.63, 3.8) is 0 Å². The fraction of sp³-hybridized carbons (Fsp3) is 0.435. The lowest BCUT2D eigenvalue weighted by Crippen LogP contribution is -2.28. The maximum absolute atomic E-state index is 13.0. The number of carbonyl (C=O) groups is 3. The van der Waals surface area contributed by atoms with E-state index in [2.05, 4.69) is 5.32 Å². The minimum Gasteiger partial charge on any atom is -0.486 e. The van der Waals surface area contributed by atoms with E-state index < -0.39 is 11.9 Å². The summed E-state index contributed by atoms with van der Waals surface area (Å²) in [6.07, 6.45) is 2.19. The quantitative estimate of drug-likeness (QED) is 0.668. The molecule has 1 saturated heterocycles. The standard InChI is InChI=1S/C23H24N2O6S/c1-2-29-23(28)20-16(13-3-4-13)12-32-22(20)24-21(27)14-9-19(26)25(11-14)15-5-6-17-18(10-15)31-8-7-30-17/h5-6,10,12-14H,2-4,7-9,11H2,1H3,(H,24,27)/t14-/m1/s1. The van der Waals surface area contributed by atoms with Gasteiger partial charge in [0.2, 0.25) is 11.8 Å². The second-order valence-electron chi connectivity index (χ2n) is 8.11. The van der Waals surface area contributed by atoms with E-state index in [0.717, 1.165) is 18.4 Å². The predicted octanol–water partition coefficient (Wildman–Crippen LogP) is 3.57. The Morgan fingerprint density at radius 1 is 1.22 bits per heavy atom. The Bertz CT molecular complexity index is 1080. The first kappa shape index (κ1) is 20.8. The molecule has 2 amide bonds. The summed E-state index contributed by atoms with van der Waals surface area (Å²) in [4.78, 5) is 39.8. The molecule has 3 aliphatic rings. The maximum Gasteiger partial charge on any atom is 0.341 e. The van der Waals surface area contributed by atoms with Gasteiger partial charge in [-0.05, 0) is 48.8 Å². The monoisotopic (exact) mass is 456 g/mol. The number of amides is 2. The number of carbonyl (C=O) groups excluding carboxylic acids is 3. The number of benzene rings is 1. The summed E-state index contributed by atoms with van der Waals surface area (Å²) in [5.74, 6) is 0.278. The third kappa shape index (κ3) is 3.92. The van der Waals surface area contributed by atoms with Gasteiger partial charge in [0, 0.05) is 24.7 Å². The summed E-state index contributed by atoms with van der Waals surface area (Å²) < 4.78 is 16.4. The molecule has 1 N–H and O–H groups in total. The second-order valence-corrected chi connectivity index (χ2v) is 8.99. The van der Waals surface area contributed by atoms with Gasteiger partial charge in [-0.15, -0.1) is 11.3 Å². The van der Waals surface area contributed by atoms with Crippen LogP contribution in [-0.4, -0.2) is 44.1 Å². The van der Waals surface area contributed by atoms with E-state index in [1.54, 1.807) is 30.0 Å². The molecule has 9 heteroatoms. The zero-order chi connectivity index (χ0) is 22.2. The van der Waals surface area contributed by atoms with Gasteiger partial charge in [-0.25, -0.2) is 4.79 Å². The maximum atomic E-state index is 13.0. The molecule has 0 spiro atoms. The summed E-state index contributed by atoms with van der Waals surface area (Å²) in [7, 11) is 0. The van der Waals surface area contributed by atoms with Crippen molar-refractivity contribution in [2.45, 2.75) is 32.1 Å². The van der Waals surface area contributed by atoms with Crippen molar-refractivity contribution in [1.29, 1.82) is 0 Å². The summed E-state index contributed by atoms with van der Waals surface area (Å²) in [5.41, 5.74) is 2.08. The lowest BCUT2D eigenvalue weighted by Gasteiger charge is -2.22. The van der Waals surface area contributed by atoms with Crippen molar-refractivity contribution >= 4 is 39.8 Å². The Kier molecular flexibility index (Phi) is 5.50. The van der Waals surface area contributed by atoms with Gasteiger partial charge in [0.25, 0.3) is 0 Å². The highest BCUT2D eigenvalue weighted by atomic mass is 32.1. The third-order valence-corrected chi connectivity index (χ3v) is 6.80. The molecule has 0 radical (unpaired) electrons. The number of rotatable bonds is 6. The minimum atomic E-state index is -0.516. The Hall–Kier alpha value is -3.07. The van der Waals surface area contributed by atoms with Crippen LogP contribution >= 0.6 is 11.3 Å². The summed E-state index contributed by atoms with van der Waals surface area (Å²) in [6.45, 7) is 3.25. The number of anilines is 2. The van der Waals surface area contributed by atoms with Crippen molar-refractivity contribution in [2.24, 2.45) is 5.92 Å². The number of fused-ring (bicyclic) bond motifs is 1. The molecule has 2 aromatic rings. The largest absolute Gasteiger partial charge is 0.486 e. The van der Waals surface area contributed by atoms with E-state index in [4.69, 9.17) is 14.2 Å². The van der Waals surface area contributed by atoms with Crippen LogP contribution in [0.4, 0.5) is 10.7 Å². The highest BCUT2D eigenvalue weighted by molar-refractivity contribution is 7.15. The van der Waals surface area contributed by atoms with E-state index in [-0.39, 0.29) is 31.4 Å². The van der Waals surface area contributed by atoms with Crippen molar-refractivity contribution in [2.75, 3.05) is 36.6 Å². The lowest BCUT2D eigenvalue weighted by atomic mass is 10.1. The molecule has 1 atom stereocenters. The summed E-state index contributed by atoms with van der Waals surface area (Å²) >= 11 is 1.34. The van der Waals surface area contributed by atoms with Gasteiger partial charge in [-0.2, -0.15) is 0 Å². The van der Waals surface area contributed by atoms with E-state index in [1.165, 1.54) is 11.3 Å².